The summed E-state index contributed by atoms with van der Waals surface area (Å²) in [7, 11) is 0. The maximum Gasteiger partial charge on any atom is 0.251 e. The second-order valence-electron chi connectivity index (χ2n) is 7.51. The number of piperidine rings is 3. The first-order chi connectivity index (χ1) is 11.2. The molecule has 1 aliphatic carbocycles. The van der Waals surface area contributed by atoms with E-state index in [2.05, 4.69) is 34.7 Å². The van der Waals surface area contributed by atoms with E-state index in [4.69, 9.17) is 0 Å². The standard InChI is InChI=1S/C19H22N2OS/c1-12-11-23-16-3-2-14(10-15(12)16)18(22)20-17-13-4-8-21(9-5-13)19(17)6-7-19/h2-3,10-11,13,17H,4-9H2,1H3,(H,20,22)/t17-/m0/s1. The van der Waals surface area contributed by atoms with Crippen LogP contribution in [0.25, 0.3) is 10.1 Å². The van der Waals surface area contributed by atoms with Gasteiger partial charge in [-0.1, -0.05) is 0 Å². The number of nitrogens with zero attached hydrogens (tertiary/aromatic N) is 1. The first-order valence-electron chi connectivity index (χ1n) is 8.71. The zero-order valence-corrected chi connectivity index (χ0v) is 14.3. The van der Waals surface area contributed by atoms with Gasteiger partial charge in [0.05, 0.1) is 6.04 Å². The number of thiophene rings is 1. The molecule has 6 rings (SSSR count). The predicted octanol–water partition coefficient (Wildman–Crippen LogP) is 3.57. The summed E-state index contributed by atoms with van der Waals surface area (Å²) in [5, 5.41) is 6.80. The highest BCUT2D eigenvalue weighted by Crippen LogP contribution is 2.53. The molecule has 4 heteroatoms. The number of benzene rings is 1. The minimum atomic E-state index is 0.113. The van der Waals surface area contributed by atoms with Crippen molar-refractivity contribution < 1.29 is 4.79 Å². The van der Waals surface area contributed by atoms with Crippen LogP contribution in [-0.2, 0) is 0 Å². The highest BCUT2D eigenvalue weighted by Gasteiger charge is 2.60. The first-order valence-corrected chi connectivity index (χ1v) is 9.59. The molecule has 4 aliphatic rings. The number of fused-ring (bicyclic) bond motifs is 3. The maximum absolute atomic E-state index is 12.9. The largest absolute Gasteiger partial charge is 0.347 e. The lowest BCUT2D eigenvalue weighted by molar-refractivity contribution is -0.00144. The van der Waals surface area contributed by atoms with E-state index in [0.717, 1.165) is 5.56 Å². The molecule has 0 unspecified atom stereocenters. The first kappa shape index (κ1) is 14.0. The van der Waals surface area contributed by atoms with Crippen molar-refractivity contribution in [1.82, 2.24) is 10.2 Å². The Morgan fingerprint density at radius 2 is 2.09 bits per heavy atom. The lowest BCUT2D eigenvalue weighted by atomic mass is 9.77. The molecule has 1 atom stereocenters. The molecule has 120 valence electrons. The van der Waals surface area contributed by atoms with E-state index in [9.17, 15) is 4.79 Å². The second kappa shape index (κ2) is 4.81. The van der Waals surface area contributed by atoms with Crippen LogP contribution in [0, 0.1) is 12.8 Å². The van der Waals surface area contributed by atoms with Crippen LogP contribution in [-0.4, -0.2) is 35.5 Å². The van der Waals surface area contributed by atoms with Crippen molar-refractivity contribution in [2.24, 2.45) is 5.92 Å². The molecule has 1 N–H and O–H groups in total. The van der Waals surface area contributed by atoms with Gasteiger partial charge in [-0.25, -0.2) is 0 Å². The predicted molar refractivity (Wildman–Crippen MR) is 94.1 cm³/mol. The van der Waals surface area contributed by atoms with Crippen molar-refractivity contribution in [3.63, 3.8) is 0 Å². The number of carbonyl (C=O) groups is 1. The fourth-order valence-electron chi connectivity index (χ4n) is 4.84. The lowest BCUT2D eigenvalue weighted by Gasteiger charge is -2.52. The van der Waals surface area contributed by atoms with E-state index >= 15 is 0 Å². The molecular formula is C19H22N2OS. The Balaban J connectivity index is 1.43. The Bertz CT molecular complexity index is 784. The summed E-state index contributed by atoms with van der Waals surface area (Å²) < 4.78 is 1.26. The summed E-state index contributed by atoms with van der Waals surface area (Å²) in [5.74, 6) is 0.792. The highest BCUT2D eigenvalue weighted by atomic mass is 32.1. The van der Waals surface area contributed by atoms with Gasteiger partial charge in [0.2, 0.25) is 0 Å². The monoisotopic (exact) mass is 326 g/mol. The quantitative estimate of drug-likeness (QED) is 0.915. The topological polar surface area (TPSA) is 32.3 Å². The second-order valence-corrected chi connectivity index (χ2v) is 8.42. The molecule has 1 aromatic heterocycles. The average Bonchev–Trinajstić information content (AvgIpc) is 3.28. The van der Waals surface area contributed by atoms with E-state index in [1.807, 2.05) is 6.07 Å². The van der Waals surface area contributed by atoms with Crippen LogP contribution in [0.3, 0.4) is 0 Å². The van der Waals surface area contributed by atoms with Gasteiger partial charge in [0.1, 0.15) is 0 Å². The number of amides is 1. The Labute approximate surface area is 140 Å². The third kappa shape index (κ3) is 2.01. The van der Waals surface area contributed by atoms with Crippen molar-refractivity contribution in [2.75, 3.05) is 13.1 Å². The van der Waals surface area contributed by atoms with E-state index in [-0.39, 0.29) is 5.91 Å². The van der Waals surface area contributed by atoms with Gasteiger partial charge >= 0.3 is 0 Å². The van der Waals surface area contributed by atoms with Gasteiger partial charge in [-0.15, -0.1) is 11.3 Å². The number of nitrogens with one attached hydrogen (secondary N) is 1. The summed E-state index contributed by atoms with van der Waals surface area (Å²) in [4.78, 5) is 15.5. The van der Waals surface area contributed by atoms with Crippen LogP contribution in [0.1, 0.15) is 41.6 Å². The molecule has 1 saturated carbocycles. The van der Waals surface area contributed by atoms with E-state index in [1.54, 1.807) is 11.3 Å². The van der Waals surface area contributed by atoms with Crippen LogP contribution >= 0.6 is 11.3 Å². The Hall–Kier alpha value is -1.39. The molecule has 4 heterocycles. The van der Waals surface area contributed by atoms with Gasteiger partial charge in [0.15, 0.2) is 0 Å². The van der Waals surface area contributed by atoms with Gasteiger partial charge in [-0.3, -0.25) is 9.69 Å². The molecule has 2 bridgehead atoms. The van der Waals surface area contributed by atoms with Crippen LogP contribution < -0.4 is 5.32 Å². The Morgan fingerprint density at radius 3 is 2.83 bits per heavy atom. The summed E-state index contributed by atoms with van der Waals surface area (Å²) in [6.45, 7) is 4.58. The zero-order chi connectivity index (χ0) is 15.6. The molecule has 3 aliphatic heterocycles. The summed E-state index contributed by atoms with van der Waals surface area (Å²) >= 11 is 1.75. The van der Waals surface area contributed by atoms with Gasteiger partial charge in [0.25, 0.3) is 5.91 Å². The fraction of sp³-hybridized carbons (Fsp3) is 0.526. The molecule has 3 nitrogen and oxygen atoms in total. The van der Waals surface area contributed by atoms with Crippen LogP contribution in [0.5, 0.6) is 0 Å². The molecule has 2 aromatic rings. The molecule has 1 aromatic carbocycles. The van der Waals surface area contributed by atoms with Gasteiger partial charge in [-0.2, -0.15) is 0 Å². The highest BCUT2D eigenvalue weighted by molar-refractivity contribution is 7.17. The molecule has 1 amide bonds. The van der Waals surface area contributed by atoms with Crippen LogP contribution in [0.2, 0.25) is 0 Å². The van der Waals surface area contributed by atoms with Crippen molar-refractivity contribution in [1.29, 1.82) is 0 Å². The number of carbonyl (C=O) groups excluding carboxylic acids is 1. The SMILES string of the molecule is Cc1csc2ccc(C(=O)N[C@H]3C4CCN(CC4)C34CC4)cc12. The van der Waals surface area contributed by atoms with Gasteiger partial charge < -0.3 is 5.32 Å². The Morgan fingerprint density at radius 1 is 1.30 bits per heavy atom. The number of rotatable bonds is 2. The maximum atomic E-state index is 12.9. The zero-order valence-electron chi connectivity index (χ0n) is 13.5. The molecule has 4 fully saturated rings. The third-order valence-corrected chi connectivity index (χ3v) is 7.38. The van der Waals surface area contributed by atoms with E-state index < -0.39 is 0 Å². The van der Waals surface area contributed by atoms with Gasteiger partial charge in [0, 0.05) is 15.8 Å². The normalized spacial score (nSPS) is 30.7. The number of hydrogen-bond donors (Lipinski definition) is 1. The minimum Gasteiger partial charge on any atom is -0.347 e. The molecule has 1 spiro atoms. The molecular weight excluding hydrogens is 304 g/mol. The van der Waals surface area contributed by atoms with Crippen LogP contribution in [0.15, 0.2) is 23.6 Å². The van der Waals surface area contributed by atoms with Gasteiger partial charge in [-0.05, 0) is 86.1 Å². The van der Waals surface area contributed by atoms with E-state index in [1.165, 1.54) is 54.4 Å². The smallest absolute Gasteiger partial charge is 0.251 e. The molecule has 23 heavy (non-hydrogen) atoms. The molecule has 0 radical (unpaired) electrons. The Kier molecular flexibility index (Phi) is 2.92. The average molecular weight is 326 g/mol. The summed E-state index contributed by atoms with van der Waals surface area (Å²) in [6.07, 6.45) is 5.01. The van der Waals surface area contributed by atoms with Crippen molar-refractivity contribution in [2.45, 2.75) is 44.2 Å². The third-order valence-electron chi connectivity index (χ3n) is 6.30. The van der Waals surface area contributed by atoms with E-state index in [0.29, 0.717) is 17.5 Å². The summed E-state index contributed by atoms with van der Waals surface area (Å²) in [5.41, 5.74) is 2.38. The van der Waals surface area contributed by atoms with Crippen molar-refractivity contribution in [3.8, 4) is 0 Å². The number of aryl methyl sites for hydroxylation is 1. The number of hydrogen-bond acceptors (Lipinski definition) is 3. The fourth-order valence-corrected chi connectivity index (χ4v) is 5.77. The van der Waals surface area contributed by atoms with Crippen molar-refractivity contribution in [3.05, 3.63) is 34.7 Å². The summed E-state index contributed by atoms with van der Waals surface area (Å²) in [6, 6.07) is 6.49. The minimum absolute atomic E-state index is 0.113. The lowest BCUT2D eigenvalue weighted by Crippen LogP contribution is -2.65. The van der Waals surface area contributed by atoms with Crippen LogP contribution in [0.4, 0.5) is 0 Å². The van der Waals surface area contributed by atoms with Crippen molar-refractivity contribution >= 4 is 27.3 Å². The molecule has 3 saturated heterocycles.